The van der Waals surface area contributed by atoms with Crippen molar-refractivity contribution < 1.29 is 23.9 Å². The number of ether oxygens (including phenoxy) is 3. The lowest BCUT2D eigenvalue weighted by molar-refractivity contribution is -0.384. The summed E-state index contributed by atoms with van der Waals surface area (Å²) in [6, 6.07) is 22.1. The number of hydrogen-bond donors (Lipinski definition) is 1. The number of non-ortho nitro benzene ring substituents is 1. The molecule has 4 heterocycles. The highest BCUT2D eigenvalue weighted by molar-refractivity contribution is 6.05. The van der Waals surface area contributed by atoms with Crippen molar-refractivity contribution >= 4 is 40.8 Å². The van der Waals surface area contributed by atoms with Crippen molar-refractivity contribution in [3.63, 3.8) is 0 Å². The first-order valence-electron chi connectivity index (χ1n) is 15.1. The van der Waals surface area contributed by atoms with E-state index in [0.717, 1.165) is 0 Å². The predicted octanol–water partition coefficient (Wildman–Crippen LogP) is 3.73. The average Bonchev–Trinajstić information content (AvgIpc) is 3.11. The molecular formula is C32H32N8O6. The number of nitrogens with one attached hydrogen (secondary N) is 1. The Morgan fingerprint density at radius 2 is 1.43 bits per heavy atom. The van der Waals surface area contributed by atoms with Gasteiger partial charge in [0.15, 0.2) is 0 Å². The summed E-state index contributed by atoms with van der Waals surface area (Å²) >= 11 is 0. The van der Waals surface area contributed by atoms with Crippen molar-refractivity contribution in [2.45, 2.75) is 12.1 Å². The number of anilines is 5. The number of rotatable bonds is 9. The summed E-state index contributed by atoms with van der Waals surface area (Å²) in [4.78, 5) is 44.6. The first-order chi connectivity index (χ1) is 22.5. The van der Waals surface area contributed by atoms with Gasteiger partial charge in [-0.3, -0.25) is 19.8 Å². The van der Waals surface area contributed by atoms with E-state index in [1.54, 1.807) is 29.2 Å². The van der Waals surface area contributed by atoms with E-state index in [-0.39, 0.29) is 11.6 Å². The zero-order valence-corrected chi connectivity index (χ0v) is 24.9. The lowest BCUT2D eigenvalue weighted by atomic mass is 9.89. The van der Waals surface area contributed by atoms with Crippen LogP contribution in [-0.2, 0) is 14.3 Å². The number of benzene rings is 3. The molecule has 3 aliphatic heterocycles. The van der Waals surface area contributed by atoms with Crippen LogP contribution in [0.3, 0.4) is 0 Å². The molecule has 1 N–H and O–H groups in total. The molecule has 3 fully saturated rings. The number of para-hydroxylation sites is 1. The van der Waals surface area contributed by atoms with Crippen LogP contribution in [0.2, 0.25) is 0 Å². The van der Waals surface area contributed by atoms with Crippen molar-refractivity contribution in [2.75, 3.05) is 72.6 Å². The van der Waals surface area contributed by atoms with E-state index in [1.807, 2.05) is 42.5 Å². The van der Waals surface area contributed by atoms with Crippen LogP contribution in [0.4, 0.5) is 34.9 Å². The maximum absolute atomic E-state index is 13.5. The number of nitro groups is 1. The first kappa shape index (κ1) is 29.4. The number of morpholine rings is 2. The largest absolute Gasteiger partial charge is 0.478 e. The monoisotopic (exact) mass is 624 g/mol. The van der Waals surface area contributed by atoms with Crippen LogP contribution >= 0.6 is 0 Å². The molecule has 7 rings (SSSR count). The normalized spacial score (nSPS) is 19.8. The van der Waals surface area contributed by atoms with Crippen molar-refractivity contribution in [1.82, 2.24) is 15.0 Å². The van der Waals surface area contributed by atoms with Crippen LogP contribution in [0.15, 0.2) is 78.9 Å². The second-order valence-corrected chi connectivity index (χ2v) is 11.0. The molecule has 14 heteroatoms. The first-order valence-corrected chi connectivity index (χ1v) is 15.1. The number of hydrogen-bond acceptors (Lipinski definition) is 12. The van der Waals surface area contributed by atoms with Gasteiger partial charge in [0.2, 0.25) is 23.9 Å². The third-order valence-corrected chi connectivity index (χ3v) is 8.08. The molecule has 1 aromatic heterocycles. The van der Waals surface area contributed by atoms with Crippen LogP contribution in [0.1, 0.15) is 11.6 Å². The fourth-order valence-electron chi connectivity index (χ4n) is 5.71. The molecule has 3 aliphatic rings. The molecule has 0 aliphatic carbocycles. The predicted molar refractivity (Wildman–Crippen MR) is 170 cm³/mol. The SMILES string of the molecule is O=C1[C@@H](Oc2ccccc2)[C@@H](c2cccc([N+](=O)[O-])c2)N1c1ccc(Nc2nc(N3CCOCC3)nc(N3CCOCC3)n2)cc1. The molecule has 3 aromatic carbocycles. The maximum Gasteiger partial charge on any atom is 0.271 e. The molecule has 0 spiro atoms. The Bertz CT molecular complexity index is 1660. The lowest BCUT2D eigenvalue weighted by Crippen LogP contribution is -2.61. The van der Waals surface area contributed by atoms with E-state index >= 15 is 0 Å². The molecule has 0 radical (unpaired) electrons. The minimum atomic E-state index is -0.843. The molecule has 4 aromatic rings. The third kappa shape index (κ3) is 6.12. The highest BCUT2D eigenvalue weighted by Gasteiger charge is 2.51. The number of aromatic nitrogens is 3. The lowest BCUT2D eigenvalue weighted by Gasteiger charge is -2.46. The van der Waals surface area contributed by atoms with Crippen molar-refractivity contribution in [2.24, 2.45) is 0 Å². The van der Waals surface area contributed by atoms with Gasteiger partial charge in [-0.25, -0.2) is 0 Å². The van der Waals surface area contributed by atoms with Crippen molar-refractivity contribution in [1.29, 1.82) is 0 Å². The second kappa shape index (κ2) is 12.9. The van der Waals surface area contributed by atoms with Crippen molar-refractivity contribution in [3.8, 4) is 5.75 Å². The quantitative estimate of drug-likeness (QED) is 0.164. The molecule has 236 valence electrons. The zero-order valence-electron chi connectivity index (χ0n) is 24.9. The van der Waals surface area contributed by atoms with Crippen LogP contribution in [-0.4, -0.2) is 84.5 Å². The number of nitro benzene ring substituents is 1. The van der Waals surface area contributed by atoms with Gasteiger partial charge >= 0.3 is 0 Å². The Kier molecular flexibility index (Phi) is 8.27. The molecule has 1 amide bonds. The zero-order chi connectivity index (χ0) is 31.5. The number of amides is 1. The third-order valence-electron chi connectivity index (χ3n) is 8.08. The highest BCUT2D eigenvalue weighted by atomic mass is 16.6. The number of carbonyl (C=O) groups is 1. The van der Waals surface area contributed by atoms with E-state index in [0.29, 0.717) is 93.1 Å². The minimum absolute atomic E-state index is 0.0555. The maximum atomic E-state index is 13.5. The summed E-state index contributed by atoms with van der Waals surface area (Å²) in [5.74, 6) is 1.85. The Labute approximate surface area is 264 Å². The van der Waals surface area contributed by atoms with Crippen LogP contribution < -0.4 is 24.8 Å². The minimum Gasteiger partial charge on any atom is -0.478 e. The number of nitrogens with zero attached hydrogens (tertiary/aromatic N) is 7. The Balaban J connectivity index is 1.15. The van der Waals surface area contributed by atoms with Gasteiger partial charge in [-0.05, 0) is 42.0 Å². The molecule has 14 nitrogen and oxygen atoms in total. The van der Waals surface area contributed by atoms with Gasteiger partial charge in [-0.1, -0.05) is 30.3 Å². The van der Waals surface area contributed by atoms with E-state index < -0.39 is 17.1 Å². The van der Waals surface area contributed by atoms with Gasteiger partial charge in [0.25, 0.3) is 11.6 Å². The van der Waals surface area contributed by atoms with E-state index in [2.05, 4.69) is 15.1 Å². The van der Waals surface area contributed by atoms with Crippen LogP contribution in [0, 0.1) is 10.1 Å². The highest BCUT2D eigenvalue weighted by Crippen LogP contribution is 2.42. The fraction of sp³-hybridized carbons (Fsp3) is 0.312. The van der Waals surface area contributed by atoms with Gasteiger partial charge in [-0.2, -0.15) is 15.0 Å². The second-order valence-electron chi connectivity index (χ2n) is 11.0. The van der Waals surface area contributed by atoms with Crippen LogP contribution in [0.5, 0.6) is 5.75 Å². The van der Waals surface area contributed by atoms with Gasteiger partial charge in [0.1, 0.15) is 11.8 Å². The Morgan fingerprint density at radius 3 is 2.04 bits per heavy atom. The molecular weight excluding hydrogens is 592 g/mol. The fourth-order valence-corrected chi connectivity index (χ4v) is 5.71. The summed E-state index contributed by atoms with van der Waals surface area (Å²) in [7, 11) is 0. The van der Waals surface area contributed by atoms with Gasteiger partial charge < -0.3 is 29.3 Å². The summed E-state index contributed by atoms with van der Waals surface area (Å²) in [6.45, 7) is 5.16. The van der Waals surface area contributed by atoms with Crippen LogP contribution in [0.25, 0.3) is 0 Å². The van der Waals surface area contributed by atoms with Gasteiger partial charge in [0, 0.05) is 49.7 Å². The Morgan fingerprint density at radius 1 is 0.804 bits per heavy atom. The molecule has 0 unspecified atom stereocenters. The Hall–Kier alpha value is -5.34. The summed E-state index contributed by atoms with van der Waals surface area (Å²) in [6.07, 6.45) is -0.843. The molecule has 2 atom stereocenters. The molecule has 0 saturated carbocycles. The number of β-lactam (4-membered cyclic amide) rings is 1. The van der Waals surface area contributed by atoms with Gasteiger partial charge in [-0.15, -0.1) is 0 Å². The van der Waals surface area contributed by atoms with Gasteiger partial charge in [0.05, 0.1) is 31.4 Å². The van der Waals surface area contributed by atoms with E-state index in [4.69, 9.17) is 29.2 Å². The van der Waals surface area contributed by atoms with E-state index in [9.17, 15) is 14.9 Å². The summed E-state index contributed by atoms with van der Waals surface area (Å²) in [5, 5.41) is 14.8. The smallest absolute Gasteiger partial charge is 0.271 e. The molecule has 0 bridgehead atoms. The van der Waals surface area contributed by atoms with E-state index in [1.165, 1.54) is 12.1 Å². The molecule has 46 heavy (non-hydrogen) atoms. The summed E-state index contributed by atoms with van der Waals surface area (Å²) in [5.41, 5.74) is 1.89. The topological polar surface area (TPSA) is 148 Å². The summed E-state index contributed by atoms with van der Waals surface area (Å²) < 4.78 is 17.1. The standard InChI is InChI=1S/C32H32N8O6/c41-29-28(46-26-7-2-1-3-8-26)27(22-5-4-6-25(21-22)40(42)43)39(29)24-11-9-23(10-12-24)33-30-34-31(37-13-17-44-18-14-37)36-32(35-30)38-15-19-45-20-16-38/h1-12,21,27-28H,13-20H2,(H,33,34,35,36)/t27-,28+/m1/s1. The average molecular weight is 625 g/mol. The van der Waals surface area contributed by atoms with Crippen molar-refractivity contribution in [3.05, 3.63) is 94.5 Å². The molecule has 3 saturated heterocycles. The number of carbonyl (C=O) groups excluding carboxylic acids is 1.